The van der Waals surface area contributed by atoms with E-state index in [-0.39, 0.29) is 29.9 Å². The molecule has 0 saturated carbocycles. The Balaban J connectivity index is 1.51. The lowest BCUT2D eigenvalue weighted by molar-refractivity contribution is -0.124. The molecule has 0 unspecified atom stereocenters. The third-order valence-electron chi connectivity index (χ3n) is 4.54. The zero-order valence-corrected chi connectivity index (χ0v) is 15.0. The molecule has 136 valence electrons. The van der Waals surface area contributed by atoms with Gasteiger partial charge in [-0.05, 0) is 44.0 Å². The van der Waals surface area contributed by atoms with Crippen LogP contribution in [0.15, 0.2) is 24.3 Å². The molecular weight excluding hydrogens is 344 g/mol. The van der Waals surface area contributed by atoms with E-state index in [0.29, 0.717) is 18.6 Å². The first-order valence-electron chi connectivity index (χ1n) is 8.31. The van der Waals surface area contributed by atoms with Crippen LogP contribution < -0.4 is 15.0 Å². The molecule has 7 nitrogen and oxygen atoms in total. The highest BCUT2D eigenvalue weighted by atomic mass is 32.2. The van der Waals surface area contributed by atoms with Gasteiger partial charge in [0, 0.05) is 18.7 Å². The highest BCUT2D eigenvalue weighted by Crippen LogP contribution is 2.24. The molecule has 2 amide bonds. The number of hydrogen-bond donors (Lipinski definition) is 1. The number of carbonyl (C=O) groups excluding carboxylic acids is 2. The Labute approximate surface area is 147 Å². The molecule has 1 aromatic carbocycles. The highest BCUT2D eigenvalue weighted by Gasteiger charge is 2.39. The second-order valence-electron chi connectivity index (χ2n) is 6.88. The molecule has 0 radical (unpaired) electrons. The second-order valence-corrected chi connectivity index (χ2v) is 9.07. The topological polar surface area (TPSA) is 92.8 Å². The first kappa shape index (κ1) is 17.7. The summed E-state index contributed by atoms with van der Waals surface area (Å²) in [5.41, 5.74) is 0.0992. The minimum Gasteiger partial charge on any atom is -0.484 e. The quantitative estimate of drug-likeness (QED) is 0.835. The first-order valence-corrected chi connectivity index (χ1v) is 10.1. The summed E-state index contributed by atoms with van der Waals surface area (Å²) >= 11 is 0. The van der Waals surface area contributed by atoms with Crippen molar-refractivity contribution in [3.05, 3.63) is 24.3 Å². The Bertz CT molecular complexity index is 775. The fourth-order valence-corrected chi connectivity index (χ4v) is 5.37. The van der Waals surface area contributed by atoms with E-state index < -0.39 is 15.4 Å². The number of amides is 2. The van der Waals surface area contributed by atoms with Gasteiger partial charge in [-0.2, -0.15) is 0 Å². The largest absolute Gasteiger partial charge is 0.484 e. The van der Waals surface area contributed by atoms with Crippen LogP contribution in [0.3, 0.4) is 0 Å². The number of rotatable bonds is 5. The van der Waals surface area contributed by atoms with Gasteiger partial charge in [0.15, 0.2) is 16.4 Å². The number of sulfone groups is 1. The van der Waals surface area contributed by atoms with Gasteiger partial charge in [-0.15, -0.1) is 0 Å². The van der Waals surface area contributed by atoms with Crippen LogP contribution in [-0.2, 0) is 19.4 Å². The molecular formula is C17H22N2O5S. The number of anilines is 1. The lowest BCUT2D eigenvalue weighted by Gasteiger charge is -2.23. The van der Waals surface area contributed by atoms with E-state index in [9.17, 15) is 18.0 Å². The predicted molar refractivity (Wildman–Crippen MR) is 93.3 cm³/mol. The molecule has 1 atom stereocenters. The van der Waals surface area contributed by atoms with Crippen molar-refractivity contribution in [2.75, 3.05) is 29.6 Å². The van der Waals surface area contributed by atoms with Crippen molar-refractivity contribution < 1.29 is 22.7 Å². The molecule has 2 heterocycles. The Morgan fingerprint density at radius 1 is 1.32 bits per heavy atom. The first-order chi connectivity index (χ1) is 11.8. The van der Waals surface area contributed by atoms with Crippen LogP contribution in [0.1, 0.15) is 26.2 Å². The molecule has 3 rings (SSSR count). The van der Waals surface area contributed by atoms with E-state index in [0.717, 1.165) is 18.7 Å². The number of hydrogen-bond acceptors (Lipinski definition) is 5. The fraction of sp³-hybridized carbons (Fsp3) is 0.529. The number of carbonyl (C=O) groups is 2. The molecule has 2 aliphatic heterocycles. The maximum atomic E-state index is 12.0. The molecule has 2 saturated heterocycles. The molecule has 0 bridgehead atoms. The molecule has 2 aliphatic rings. The van der Waals surface area contributed by atoms with Gasteiger partial charge in [0.2, 0.25) is 5.91 Å². The van der Waals surface area contributed by atoms with Crippen molar-refractivity contribution in [3.63, 3.8) is 0 Å². The smallest absolute Gasteiger partial charge is 0.258 e. The maximum absolute atomic E-state index is 12.0. The predicted octanol–water partition coefficient (Wildman–Crippen LogP) is 0.886. The van der Waals surface area contributed by atoms with Crippen LogP contribution in [0.25, 0.3) is 0 Å². The second kappa shape index (κ2) is 6.67. The Morgan fingerprint density at radius 3 is 2.60 bits per heavy atom. The van der Waals surface area contributed by atoms with Gasteiger partial charge >= 0.3 is 0 Å². The van der Waals surface area contributed by atoms with E-state index in [1.165, 1.54) is 0 Å². The average Bonchev–Trinajstić information content (AvgIpc) is 3.08. The van der Waals surface area contributed by atoms with E-state index in [4.69, 9.17) is 4.74 Å². The lowest BCUT2D eigenvalue weighted by atomic mass is 10.0. The summed E-state index contributed by atoms with van der Waals surface area (Å²) in [6.45, 7) is 2.28. The van der Waals surface area contributed by atoms with Crippen LogP contribution in [0.5, 0.6) is 5.75 Å². The summed E-state index contributed by atoms with van der Waals surface area (Å²) in [5, 5.41) is 2.75. The van der Waals surface area contributed by atoms with E-state index in [2.05, 4.69) is 5.32 Å². The van der Waals surface area contributed by atoms with Crippen molar-refractivity contribution in [1.29, 1.82) is 0 Å². The van der Waals surface area contributed by atoms with Crippen LogP contribution in [0, 0.1) is 0 Å². The summed E-state index contributed by atoms with van der Waals surface area (Å²) in [6, 6.07) is 7.02. The molecule has 25 heavy (non-hydrogen) atoms. The highest BCUT2D eigenvalue weighted by molar-refractivity contribution is 7.91. The minimum atomic E-state index is -3.07. The van der Waals surface area contributed by atoms with Gasteiger partial charge in [-0.3, -0.25) is 9.59 Å². The van der Waals surface area contributed by atoms with Gasteiger partial charge in [0.25, 0.3) is 5.91 Å². The Hall–Kier alpha value is -2.09. The van der Waals surface area contributed by atoms with Crippen molar-refractivity contribution in [1.82, 2.24) is 5.32 Å². The minimum absolute atomic E-state index is 0.0374. The van der Waals surface area contributed by atoms with Crippen LogP contribution >= 0.6 is 0 Å². The summed E-state index contributed by atoms with van der Waals surface area (Å²) in [5.74, 6) is 0.354. The van der Waals surface area contributed by atoms with E-state index >= 15 is 0 Å². The number of nitrogens with zero attached hydrogens (tertiary/aromatic N) is 1. The van der Waals surface area contributed by atoms with Crippen molar-refractivity contribution in [2.45, 2.75) is 31.7 Å². The van der Waals surface area contributed by atoms with Crippen LogP contribution in [-0.4, -0.2) is 50.4 Å². The summed E-state index contributed by atoms with van der Waals surface area (Å²) in [4.78, 5) is 25.5. The number of benzene rings is 1. The zero-order valence-electron chi connectivity index (χ0n) is 14.2. The van der Waals surface area contributed by atoms with Gasteiger partial charge in [0.05, 0.1) is 17.0 Å². The van der Waals surface area contributed by atoms with Crippen molar-refractivity contribution >= 4 is 27.3 Å². The third kappa shape index (κ3) is 4.31. The zero-order chi connectivity index (χ0) is 18.1. The van der Waals surface area contributed by atoms with Gasteiger partial charge < -0.3 is 15.0 Å². The summed E-state index contributed by atoms with van der Waals surface area (Å²) in [6.07, 6.45) is 1.86. The molecule has 0 aromatic heterocycles. The normalized spacial score (nSPS) is 25.2. The monoisotopic (exact) mass is 366 g/mol. The Morgan fingerprint density at radius 2 is 2.04 bits per heavy atom. The number of ether oxygens (including phenoxy) is 1. The van der Waals surface area contributed by atoms with Crippen molar-refractivity contribution in [3.8, 4) is 5.75 Å². The molecule has 1 N–H and O–H groups in total. The van der Waals surface area contributed by atoms with Gasteiger partial charge in [-0.1, -0.05) is 0 Å². The summed E-state index contributed by atoms with van der Waals surface area (Å²) in [7, 11) is -3.07. The molecule has 0 spiro atoms. The average molecular weight is 366 g/mol. The summed E-state index contributed by atoms with van der Waals surface area (Å²) < 4.78 is 28.6. The molecule has 2 fully saturated rings. The van der Waals surface area contributed by atoms with Crippen LogP contribution in [0.2, 0.25) is 0 Å². The lowest BCUT2D eigenvalue weighted by Crippen LogP contribution is -2.48. The van der Waals surface area contributed by atoms with Crippen LogP contribution in [0.4, 0.5) is 5.69 Å². The Kier molecular flexibility index (Phi) is 4.73. The van der Waals surface area contributed by atoms with Gasteiger partial charge in [0.1, 0.15) is 5.75 Å². The van der Waals surface area contributed by atoms with E-state index in [1.54, 1.807) is 36.1 Å². The van der Waals surface area contributed by atoms with E-state index in [1.807, 2.05) is 0 Å². The third-order valence-corrected chi connectivity index (χ3v) is 6.44. The van der Waals surface area contributed by atoms with Crippen molar-refractivity contribution in [2.24, 2.45) is 0 Å². The molecule has 0 aliphatic carbocycles. The molecule has 8 heteroatoms. The number of nitrogens with one attached hydrogen (secondary N) is 1. The fourth-order valence-electron chi connectivity index (χ4n) is 3.27. The molecule has 1 aromatic rings. The standard InChI is InChI=1S/C17H22N2O5S/c1-17(8-10-25(22,23)12-17)18-15(20)11-24-14-6-4-13(5-7-14)19-9-2-3-16(19)21/h4-7H,2-3,8-12H2,1H3,(H,18,20)/t17-/m0/s1. The van der Waals surface area contributed by atoms with Gasteiger partial charge in [-0.25, -0.2) is 8.42 Å². The SMILES string of the molecule is C[C@]1(NC(=O)COc2ccc(N3CCCC3=O)cc2)CCS(=O)(=O)C1. The maximum Gasteiger partial charge on any atom is 0.258 e.